The molecule has 0 fully saturated rings. The van der Waals surface area contributed by atoms with Gasteiger partial charge < -0.3 is 0 Å². The van der Waals surface area contributed by atoms with E-state index in [0.29, 0.717) is 16.3 Å². The number of pyridine rings is 1. The molecule has 1 aromatic carbocycles. The Bertz CT molecular complexity index is 989. The van der Waals surface area contributed by atoms with Crippen molar-refractivity contribution >= 4 is 15.9 Å². The molecule has 6 heteroatoms. The Morgan fingerprint density at radius 2 is 1.44 bits per heavy atom. The lowest BCUT2D eigenvalue weighted by Crippen LogP contribution is -1.96. The second kappa shape index (κ2) is 6.86. The summed E-state index contributed by atoms with van der Waals surface area (Å²) in [4.78, 5) is 22.0. The van der Waals surface area contributed by atoms with Crippen LogP contribution in [0.4, 0.5) is 0 Å². The predicted octanol–water partition coefficient (Wildman–Crippen LogP) is 4.43. The lowest BCUT2D eigenvalue weighted by Gasteiger charge is -2.06. The third-order valence-corrected chi connectivity index (χ3v) is 4.00. The summed E-state index contributed by atoms with van der Waals surface area (Å²) in [6, 6.07) is 15.6. The van der Waals surface area contributed by atoms with Gasteiger partial charge in [0.1, 0.15) is 4.60 Å². The van der Waals surface area contributed by atoms with Gasteiger partial charge in [-0.2, -0.15) is 0 Å². The molecule has 0 amide bonds. The molecule has 0 aliphatic carbocycles. The molecule has 3 aromatic heterocycles. The standard InChI is InChI=1S/C19H12BrN5/c20-17-9-16(13-5-2-1-3-6-13)24-19(25-17)15-11-22-18(23-12-15)14-7-4-8-21-10-14/h1-12H. The van der Waals surface area contributed by atoms with E-state index in [1.54, 1.807) is 24.8 Å². The van der Waals surface area contributed by atoms with Crippen LogP contribution in [0.25, 0.3) is 34.0 Å². The van der Waals surface area contributed by atoms with Crippen molar-refractivity contribution in [3.8, 4) is 34.0 Å². The SMILES string of the molecule is Brc1cc(-c2ccccc2)nc(-c2cnc(-c3cccnc3)nc2)n1. The monoisotopic (exact) mass is 389 g/mol. The molecule has 25 heavy (non-hydrogen) atoms. The van der Waals surface area contributed by atoms with Crippen LogP contribution < -0.4 is 0 Å². The van der Waals surface area contributed by atoms with E-state index in [9.17, 15) is 0 Å². The Balaban J connectivity index is 1.71. The van der Waals surface area contributed by atoms with E-state index in [1.165, 1.54) is 0 Å². The van der Waals surface area contributed by atoms with E-state index >= 15 is 0 Å². The Morgan fingerprint density at radius 1 is 0.680 bits per heavy atom. The van der Waals surface area contributed by atoms with Crippen LogP contribution in [0, 0.1) is 0 Å². The summed E-state index contributed by atoms with van der Waals surface area (Å²) in [7, 11) is 0. The Hall–Kier alpha value is -2.99. The van der Waals surface area contributed by atoms with Gasteiger partial charge in [0.05, 0.1) is 11.3 Å². The molecule has 120 valence electrons. The summed E-state index contributed by atoms with van der Waals surface area (Å²) in [5.41, 5.74) is 3.49. The van der Waals surface area contributed by atoms with Crippen molar-refractivity contribution in [3.63, 3.8) is 0 Å². The molecule has 0 saturated carbocycles. The van der Waals surface area contributed by atoms with Crippen LogP contribution >= 0.6 is 15.9 Å². The molecule has 0 spiro atoms. The smallest absolute Gasteiger partial charge is 0.164 e. The number of benzene rings is 1. The fourth-order valence-electron chi connectivity index (χ4n) is 2.39. The molecule has 0 aliphatic rings. The first kappa shape index (κ1) is 15.5. The van der Waals surface area contributed by atoms with Gasteiger partial charge in [0.25, 0.3) is 0 Å². The van der Waals surface area contributed by atoms with Gasteiger partial charge >= 0.3 is 0 Å². The number of rotatable bonds is 3. The number of hydrogen-bond acceptors (Lipinski definition) is 5. The normalized spacial score (nSPS) is 10.6. The molecule has 3 heterocycles. The topological polar surface area (TPSA) is 64.5 Å². The van der Waals surface area contributed by atoms with E-state index in [2.05, 4.69) is 40.8 Å². The molecule has 0 bridgehead atoms. The third kappa shape index (κ3) is 3.44. The Morgan fingerprint density at radius 3 is 2.16 bits per heavy atom. The zero-order chi connectivity index (χ0) is 17.1. The van der Waals surface area contributed by atoms with Crippen LogP contribution in [0.5, 0.6) is 0 Å². The molecule has 0 unspecified atom stereocenters. The van der Waals surface area contributed by atoms with Crippen molar-refractivity contribution in [1.82, 2.24) is 24.9 Å². The summed E-state index contributed by atoms with van der Waals surface area (Å²) in [6.07, 6.45) is 6.91. The number of hydrogen-bond donors (Lipinski definition) is 0. The quantitative estimate of drug-likeness (QED) is 0.485. The summed E-state index contributed by atoms with van der Waals surface area (Å²) < 4.78 is 0.715. The molecule has 0 saturated heterocycles. The number of halogens is 1. The Labute approximate surface area is 153 Å². The first-order valence-corrected chi connectivity index (χ1v) is 8.42. The average molecular weight is 390 g/mol. The van der Waals surface area contributed by atoms with Crippen LogP contribution in [-0.4, -0.2) is 24.9 Å². The van der Waals surface area contributed by atoms with Crippen molar-refractivity contribution in [2.75, 3.05) is 0 Å². The predicted molar refractivity (Wildman–Crippen MR) is 99.4 cm³/mol. The first-order valence-electron chi connectivity index (χ1n) is 7.62. The molecule has 0 N–H and O–H groups in total. The van der Waals surface area contributed by atoms with Gasteiger partial charge in [0.2, 0.25) is 0 Å². The summed E-state index contributed by atoms with van der Waals surface area (Å²) in [6.45, 7) is 0. The highest BCUT2D eigenvalue weighted by molar-refractivity contribution is 9.10. The average Bonchev–Trinajstić information content (AvgIpc) is 2.69. The van der Waals surface area contributed by atoms with Gasteiger partial charge in [0, 0.05) is 35.9 Å². The minimum Gasteiger partial charge on any atom is -0.264 e. The van der Waals surface area contributed by atoms with Crippen LogP contribution in [0.2, 0.25) is 0 Å². The number of nitrogens with zero attached hydrogens (tertiary/aromatic N) is 5. The molecule has 0 aliphatic heterocycles. The van der Waals surface area contributed by atoms with Crippen LogP contribution in [0.3, 0.4) is 0 Å². The number of aromatic nitrogens is 5. The van der Waals surface area contributed by atoms with Crippen molar-refractivity contribution in [2.45, 2.75) is 0 Å². The first-order chi connectivity index (χ1) is 12.3. The highest BCUT2D eigenvalue weighted by Crippen LogP contribution is 2.24. The van der Waals surface area contributed by atoms with E-state index in [-0.39, 0.29) is 0 Å². The van der Waals surface area contributed by atoms with Crippen LogP contribution in [0.1, 0.15) is 0 Å². The van der Waals surface area contributed by atoms with Gasteiger partial charge in [-0.1, -0.05) is 30.3 Å². The van der Waals surface area contributed by atoms with Gasteiger partial charge in [0.15, 0.2) is 11.6 Å². The summed E-state index contributed by atoms with van der Waals surface area (Å²) in [5.74, 6) is 1.20. The van der Waals surface area contributed by atoms with Crippen molar-refractivity contribution in [2.24, 2.45) is 0 Å². The highest BCUT2D eigenvalue weighted by Gasteiger charge is 2.09. The zero-order valence-corrected chi connectivity index (χ0v) is 14.6. The van der Waals surface area contributed by atoms with E-state index in [4.69, 9.17) is 0 Å². The second-order valence-electron chi connectivity index (χ2n) is 5.30. The highest BCUT2D eigenvalue weighted by atomic mass is 79.9. The molecular weight excluding hydrogens is 378 g/mol. The van der Waals surface area contributed by atoms with Gasteiger partial charge in [-0.25, -0.2) is 19.9 Å². The van der Waals surface area contributed by atoms with Crippen molar-refractivity contribution in [1.29, 1.82) is 0 Å². The molecule has 4 aromatic rings. The maximum atomic E-state index is 4.64. The minimum atomic E-state index is 0.575. The van der Waals surface area contributed by atoms with Crippen molar-refractivity contribution in [3.05, 3.63) is 77.9 Å². The zero-order valence-electron chi connectivity index (χ0n) is 13.0. The lowest BCUT2D eigenvalue weighted by atomic mass is 10.1. The lowest BCUT2D eigenvalue weighted by molar-refractivity contribution is 1.11. The van der Waals surface area contributed by atoms with Gasteiger partial charge in [-0.15, -0.1) is 0 Å². The van der Waals surface area contributed by atoms with Gasteiger partial charge in [-0.05, 0) is 34.1 Å². The molecule has 0 atom stereocenters. The van der Waals surface area contributed by atoms with Gasteiger partial charge in [-0.3, -0.25) is 4.98 Å². The van der Waals surface area contributed by atoms with E-state index in [0.717, 1.165) is 22.4 Å². The molecule has 4 rings (SSSR count). The minimum absolute atomic E-state index is 0.575. The maximum absolute atomic E-state index is 4.64. The Kier molecular flexibility index (Phi) is 4.26. The summed E-state index contributed by atoms with van der Waals surface area (Å²) in [5, 5.41) is 0. The third-order valence-electron chi connectivity index (χ3n) is 3.59. The summed E-state index contributed by atoms with van der Waals surface area (Å²) >= 11 is 3.46. The van der Waals surface area contributed by atoms with Crippen LogP contribution in [-0.2, 0) is 0 Å². The second-order valence-corrected chi connectivity index (χ2v) is 6.12. The largest absolute Gasteiger partial charge is 0.264 e. The maximum Gasteiger partial charge on any atom is 0.164 e. The fraction of sp³-hybridized carbons (Fsp3) is 0. The van der Waals surface area contributed by atoms with Crippen molar-refractivity contribution < 1.29 is 0 Å². The van der Waals surface area contributed by atoms with E-state index < -0.39 is 0 Å². The fourth-order valence-corrected chi connectivity index (χ4v) is 2.78. The molecule has 5 nitrogen and oxygen atoms in total. The molecule has 0 radical (unpaired) electrons. The molecular formula is C19H12BrN5. The van der Waals surface area contributed by atoms with Crippen LogP contribution in [0.15, 0.2) is 77.9 Å². The van der Waals surface area contributed by atoms with E-state index in [1.807, 2.05) is 48.5 Å².